The largest absolute Gasteiger partial charge is 0.486 e. The quantitative estimate of drug-likeness (QED) is 0.795. The van der Waals surface area contributed by atoms with Gasteiger partial charge < -0.3 is 19.4 Å². The minimum atomic E-state index is -0.0643. The Bertz CT molecular complexity index is 905. The first-order valence-electron chi connectivity index (χ1n) is 8.29. The molecule has 0 aliphatic carbocycles. The fourth-order valence-corrected chi connectivity index (χ4v) is 2.99. The third-order valence-corrected chi connectivity index (χ3v) is 4.28. The summed E-state index contributed by atoms with van der Waals surface area (Å²) in [5, 5.41) is 3.02. The van der Waals surface area contributed by atoms with Crippen molar-refractivity contribution in [1.82, 2.24) is 14.9 Å². The zero-order chi connectivity index (χ0) is 17.2. The van der Waals surface area contributed by atoms with Crippen molar-refractivity contribution in [3.63, 3.8) is 0 Å². The normalized spacial score (nSPS) is 14.3. The van der Waals surface area contributed by atoms with Crippen molar-refractivity contribution in [2.45, 2.75) is 19.5 Å². The van der Waals surface area contributed by atoms with Crippen molar-refractivity contribution in [2.75, 3.05) is 13.2 Å². The molecule has 0 saturated heterocycles. The molecule has 25 heavy (non-hydrogen) atoms. The number of fused-ring (bicyclic) bond motifs is 2. The van der Waals surface area contributed by atoms with Gasteiger partial charge in [0.25, 0.3) is 0 Å². The number of hydrogen-bond donors (Lipinski definition) is 1. The number of ether oxygens (including phenoxy) is 2. The molecule has 1 atom stereocenters. The summed E-state index contributed by atoms with van der Waals surface area (Å²) in [6.07, 6.45) is 1.67. The van der Waals surface area contributed by atoms with Crippen molar-refractivity contribution in [3.8, 4) is 11.5 Å². The zero-order valence-corrected chi connectivity index (χ0v) is 13.9. The van der Waals surface area contributed by atoms with E-state index < -0.39 is 0 Å². The maximum absolute atomic E-state index is 12.4. The van der Waals surface area contributed by atoms with E-state index in [1.54, 1.807) is 6.33 Å². The second-order valence-corrected chi connectivity index (χ2v) is 6.06. The topological polar surface area (TPSA) is 65.4 Å². The number of amides is 1. The molecule has 1 N–H and O–H groups in total. The predicted octanol–water partition coefficient (Wildman–Crippen LogP) is 2.68. The minimum Gasteiger partial charge on any atom is -0.486 e. The van der Waals surface area contributed by atoms with Crippen LogP contribution in [0.4, 0.5) is 0 Å². The molecule has 0 radical (unpaired) electrons. The van der Waals surface area contributed by atoms with Gasteiger partial charge in [-0.05, 0) is 12.5 Å². The number of imidazole rings is 1. The Labute approximate surface area is 145 Å². The molecule has 1 aromatic heterocycles. The molecule has 1 aliphatic heterocycles. The van der Waals surface area contributed by atoms with Crippen LogP contribution in [0.3, 0.4) is 0 Å². The Morgan fingerprint density at radius 3 is 2.68 bits per heavy atom. The second-order valence-electron chi connectivity index (χ2n) is 6.06. The molecular formula is C19H19N3O3. The third kappa shape index (κ3) is 3.15. The number of benzene rings is 2. The predicted molar refractivity (Wildman–Crippen MR) is 93.7 cm³/mol. The van der Waals surface area contributed by atoms with Crippen molar-refractivity contribution in [2.24, 2.45) is 0 Å². The maximum Gasteiger partial charge on any atom is 0.240 e. The molecule has 6 nitrogen and oxygen atoms in total. The summed E-state index contributed by atoms with van der Waals surface area (Å²) < 4.78 is 13.0. The lowest BCUT2D eigenvalue weighted by Gasteiger charge is -2.18. The van der Waals surface area contributed by atoms with Crippen LogP contribution in [0.15, 0.2) is 48.8 Å². The van der Waals surface area contributed by atoms with Gasteiger partial charge in [0.1, 0.15) is 19.8 Å². The summed E-state index contributed by atoms with van der Waals surface area (Å²) in [6, 6.07) is 13.6. The van der Waals surface area contributed by atoms with Crippen LogP contribution in [0, 0.1) is 0 Å². The molecule has 1 amide bonds. The van der Waals surface area contributed by atoms with E-state index in [9.17, 15) is 4.79 Å². The summed E-state index contributed by atoms with van der Waals surface area (Å²) in [7, 11) is 0. The van der Waals surface area contributed by atoms with Gasteiger partial charge in [-0.25, -0.2) is 4.98 Å². The number of nitrogens with one attached hydrogen (secondary N) is 1. The first kappa shape index (κ1) is 15.5. The van der Waals surface area contributed by atoms with E-state index in [4.69, 9.17) is 9.47 Å². The molecule has 1 aliphatic rings. The van der Waals surface area contributed by atoms with Gasteiger partial charge in [-0.3, -0.25) is 4.79 Å². The van der Waals surface area contributed by atoms with Crippen LogP contribution in [-0.2, 0) is 11.3 Å². The summed E-state index contributed by atoms with van der Waals surface area (Å²) in [4.78, 5) is 16.8. The Morgan fingerprint density at radius 1 is 1.20 bits per heavy atom. The van der Waals surface area contributed by atoms with Crippen LogP contribution in [0.2, 0.25) is 0 Å². The summed E-state index contributed by atoms with van der Waals surface area (Å²) >= 11 is 0. The highest BCUT2D eigenvalue weighted by Gasteiger charge is 2.17. The van der Waals surface area contributed by atoms with Gasteiger partial charge in [-0.15, -0.1) is 0 Å². The van der Waals surface area contributed by atoms with Crippen molar-refractivity contribution in [1.29, 1.82) is 0 Å². The Kier molecular flexibility index (Phi) is 4.01. The molecule has 3 aromatic rings. The van der Waals surface area contributed by atoms with Gasteiger partial charge in [-0.1, -0.05) is 30.3 Å². The van der Waals surface area contributed by atoms with Gasteiger partial charge in [0.15, 0.2) is 11.5 Å². The molecule has 128 valence electrons. The number of aromatic nitrogens is 2. The number of carbonyl (C=O) groups excluding carboxylic acids is 1. The summed E-state index contributed by atoms with van der Waals surface area (Å²) in [5.74, 6) is 1.33. The van der Waals surface area contributed by atoms with Crippen LogP contribution in [0.25, 0.3) is 11.0 Å². The lowest BCUT2D eigenvalue weighted by molar-refractivity contribution is -0.122. The number of carbonyl (C=O) groups is 1. The number of hydrogen-bond acceptors (Lipinski definition) is 4. The van der Waals surface area contributed by atoms with Gasteiger partial charge in [0.2, 0.25) is 5.91 Å². The molecule has 6 heteroatoms. The van der Waals surface area contributed by atoms with Crippen LogP contribution >= 0.6 is 0 Å². The number of nitrogens with zero attached hydrogens (tertiary/aromatic N) is 2. The van der Waals surface area contributed by atoms with Gasteiger partial charge in [-0.2, -0.15) is 0 Å². The smallest absolute Gasteiger partial charge is 0.240 e. The highest BCUT2D eigenvalue weighted by atomic mass is 16.6. The monoisotopic (exact) mass is 337 g/mol. The standard InChI is InChI=1S/C19H19N3O3/c1-13(14-5-3-2-4-6-14)21-19(23)11-22-12-20-15-9-17-18(10-16(15)22)25-8-7-24-17/h2-6,9-10,12-13H,7-8,11H2,1H3,(H,21,23)/t13-/m0/s1. The SMILES string of the molecule is C[C@H](NC(=O)Cn1cnc2cc3c(cc21)OCCO3)c1ccccc1. The highest BCUT2D eigenvalue weighted by molar-refractivity contribution is 5.83. The molecule has 2 heterocycles. The molecule has 0 fully saturated rings. The van der Waals surface area contributed by atoms with Crippen LogP contribution < -0.4 is 14.8 Å². The average Bonchev–Trinajstić information content (AvgIpc) is 3.02. The Balaban J connectivity index is 1.51. The van der Waals surface area contributed by atoms with E-state index in [2.05, 4.69) is 10.3 Å². The van der Waals surface area contributed by atoms with Crippen molar-refractivity contribution >= 4 is 16.9 Å². The Morgan fingerprint density at radius 2 is 1.92 bits per heavy atom. The molecular weight excluding hydrogens is 318 g/mol. The maximum atomic E-state index is 12.4. The second kappa shape index (κ2) is 6.47. The summed E-state index contributed by atoms with van der Waals surface area (Å²) in [6.45, 7) is 3.24. The molecule has 2 aromatic carbocycles. The number of rotatable bonds is 4. The van der Waals surface area contributed by atoms with E-state index in [0.717, 1.165) is 16.6 Å². The fourth-order valence-electron chi connectivity index (χ4n) is 2.99. The highest BCUT2D eigenvalue weighted by Crippen LogP contribution is 2.34. The Hall–Kier alpha value is -3.02. The molecule has 0 bridgehead atoms. The van der Waals surface area contributed by atoms with Gasteiger partial charge in [0.05, 0.1) is 23.4 Å². The minimum absolute atomic E-state index is 0.0482. The first-order valence-corrected chi connectivity index (χ1v) is 8.29. The van der Waals surface area contributed by atoms with Crippen LogP contribution in [-0.4, -0.2) is 28.7 Å². The van der Waals surface area contributed by atoms with E-state index in [-0.39, 0.29) is 18.5 Å². The van der Waals surface area contributed by atoms with E-state index in [1.807, 2.05) is 54.0 Å². The lowest BCUT2D eigenvalue weighted by atomic mass is 10.1. The molecule has 0 unspecified atom stereocenters. The molecule has 0 spiro atoms. The van der Waals surface area contributed by atoms with Crippen molar-refractivity contribution < 1.29 is 14.3 Å². The lowest BCUT2D eigenvalue weighted by Crippen LogP contribution is -2.29. The van der Waals surface area contributed by atoms with E-state index in [0.29, 0.717) is 24.7 Å². The van der Waals surface area contributed by atoms with E-state index >= 15 is 0 Å². The molecule has 4 rings (SSSR count). The van der Waals surface area contributed by atoms with Gasteiger partial charge >= 0.3 is 0 Å². The average molecular weight is 337 g/mol. The van der Waals surface area contributed by atoms with Crippen molar-refractivity contribution in [3.05, 3.63) is 54.4 Å². The van der Waals surface area contributed by atoms with Crippen LogP contribution in [0.5, 0.6) is 11.5 Å². The third-order valence-electron chi connectivity index (χ3n) is 4.28. The molecule has 0 saturated carbocycles. The van der Waals surface area contributed by atoms with E-state index in [1.165, 1.54) is 0 Å². The fraction of sp³-hybridized carbons (Fsp3) is 0.263. The van der Waals surface area contributed by atoms with Crippen LogP contribution in [0.1, 0.15) is 18.5 Å². The summed E-state index contributed by atoms with van der Waals surface area (Å²) in [5.41, 5.74) is 2.71. The van der Waals surface area contributed by atoms with Gasteiger partial charge in [0, 0.05) is 12.1 Å². The zero-order valence-electron chi connectivity index (χ0n) is 13.9. The first-order chi connectivity index (χ1) is 12.2.